The van der Waals surface area contributed by atoms with Crippen molar-refractivity contribution in [3.8, 4) is 0 Å². The zero-order chi connectivity index (χ0) is 18.6. The van der Waals surface area contributed by atoms with Gasteiger partial charge in [-0.25, -0.2) is 0 Å². The first kappa shape index (κ1) is 28.1. The van der Waals surface area contributed by atoms with E-state index in [1.54, 1.807) is 0 Å². The summed E-state index contributed by atoms with van der Waals surface area (Å²) < 4.78 is 10.1. The number of ether oxygens (including phenoxy) is 2. The van der Waals surface area contributed by atoms with Gasteiger partial charge in [0.15, 0.2) is 5.41 Å². The first-order valence-electron chi connectivity index (χ1n) is 7.54. The molecule has 12 nitrogen and oxygen atoms in total. The van der Waals surface area contributed by atoms with Gasteiger partial charge in [0.1, 0.15) is 6.10 Å². The van der Waals surface area contributed by atoms with Crippen molar-refractivity contribution < 1.29 is 64.7 Å². The van der Waals surface area contributed by atoms with Crippen molar-refractivity contribution >= 4 is 29.7 Å². The molecular weight excluding hydrogens is 561 g/mol. The molecule has 0 aromatic rings. The van der Waals surface area contributed by atoms with Gasteiger partial charge in [-0.2, -0.15) is 0 Å². The Bertz CT molecular complexity index is 613. The molecule has 1 aliphatic carbocycles. The number of carboxylic acid groups (broad SMARTS) is 2. The summed E-state index contributed by atoms with van der Waals surface area (Å²) in [7, 11) is 0. The van der Waals surface area contributed by atoms with Crippen LogP contribution in [0, 0.1) is 5.41 Å². The molecule has 0 bridgehead atoms. The van der Waals surface area contributed by atoms with Crippen LogP contribution < -0.4 is 0 Å². The second kappa shape index (κ2) is 11.6. The van der Waals surface area contributed by atoms with Crippen LogP contribution >= 0.6 is 0 Å². The topological polar surface area (TPSA) is 215 Å². The van der Waals surface area contributed by atoms with Crippen molar-refractivity contribution in [1.82, 2.24) is 4.90 Å². The molecule has 0 radical (unpaired) electrons. The van der Waals surface area contributed by atoms with Gasteiger partial charge in [-0.3, -0.25) is 28.9 Å². The van der Waals surface area contributed by atoms with E-state index < -0.39 is 41.2 Å². The number of nitrogens with two attached hydrogens (primary N) is 2. The molecule has 1 saturated carbocycles. The Morgan fingerprint density at radius 2 is 1.54 bits per heavy atom. The summed E-state index contributed by atoms with van der Waals surface area (Å²) in [6.45, 7) is 0.136. The molecule has 1 aliphatic heterocycles. The van der Waals surface area contributed by atoms with E-state index >= 15 is 0 Å². The van der Waals surface area contributed by atoms with Crippen LogP contribution in [0.4, 0.5) is 0 Å². The molecule has 0 atom stereocenters. The average Bonchev–Trinajstić information content (AvgIpc) is 2.80. The van der Waals surface area contributed by atoms with Gasteiger partial charge in [-0.1, -0.05) is 0 Å². The number of carbonyl (C=O) groups is 5. The Labute approximate surface area is 174 Å². The molecule has 2 rings (SSSR count). The Kier molecular flexibility index (Phi) is 11.7. The van der Waals surface area contributed by atoms with Crippen molar-refractivity contribution in [2.75, 3.05) is 19.8 Å². The number of nitrogens with zero attached hydrogens (tertiary/aromatic N) is 1. The van der Waals surface area contributed by atoms with Gasteiger partial charge in [-0.15, -0.1) is 0 Å². The Balaban J connectivity index is 0. The molecule has 28 heavy (non-hydrogen) atoms. The van der Waals surface area contributed by atoms with E-state index in [1.807, 2.05) is 0 Å². The largest absolute Gasteiger partial charge is 2.00 e. The molecule has 1 heterocycles. The predicted molar refractivity (Wildman–Crippen MR) is 88.7 cm³/mol. The molecule has 1 fully saturated rings. The van der Waals surface area contributed by atoms with E-state index in [9.17, 15) is 24.0 Å². The number of amides is 2. The third kappa shape index (κ3) is 6.20. The van der Waals surface area contributed by atoms with Crippen molar-refractivity contribution in [2.24, 2.45) is 5.41 Å². The van der Waals surface area contributed by atoms with Crippen LogP contribution in [0.5, 0.6) is 0 Å². The number of hydrogen-bond acceptors (Lipinski definition) is 7. The van der Waals surface area contributed by atoms with Crippen LogP contribution in [-0.4, -0.2) is 70.7 Å². The zero-order valence-corrected chi connectivity index (χ0v) is 16.9. The quantitative estimate of drug-likeness (QED) is 0.168. The molecule has 0 spiro atoms. The summed E-state index contributed by atoms with van der Waals surface area (Å²) in [5.41, 5.74) is -1.88. The van der Waals surface area contributed by atoms with Crippen LogP contribution in [-0.2, 0) is 54.5 Å². The minimum atomic E-state index is -1.88. The molecule has 13 heteroatoms. The maximum Gasteiger partial charge on any atom is 2.00 e. The number of imide groups is 1. The van der Waals surface area contributed by atoms with Crippen molar-refractivity contribution in [3.05, 3.63) is 24.5 Å². The third-order valence-electron chi connectivity index (χ3n) is 4.08. The normalized spacial score (nSPS) is 16.9. The molecule has 160 valence electrons. The van der Waals surface area contributed by atoms with E-state index in [0.29, 0.717) is 0 Å². The Hall–Kier alpha value is -2.14. The molecule has 6 N–H and O–H groups in total. The summed E-state index contributed by atoms with van der Waals surface area (Å²) >= 11 is 0. The number of carboxylic acids is 2. The molecule has 0 aromatic heterocycles. The van der Waals surface area contributed by atoms with Crippen molar-refractivity contribution in [2.45, 2.75) is 25.4 Å². The maximum absolute atomic E-state index is 11.6. The predicted octanol–water partition coefficient (Wildman–Crippen LogP) is 0.611. The van der Waals surface area contributed by atoms with Gasteiger partial charge in [-0.05, 0) is 0 Å². The number of hydrogen-bond donors (Lipinski definition) is 2. The van der Waals surface area contributed by atoms with Crippen molar-refractivity contribution in [1.29, 1.82) is 0 Å². The molecular formula is C15H21N3O9Pt. The van der Waals surface area contributed by atoms with E-state index in [-0.39, 0.29) is 72.4 Å². The number of carbonyl (C=O) groups excluding carboxylic acids is 3. The standard InChI is InChI=1S/C15H17NO9.2H2N.Pt/c17-10-1-2-11(18)16(10)4-6-24-5-3-12(19)25-9-7-15(8-9,13(20)21)14(22)23;;;/h1-2,9H,3-8H2,(H,20,21)(H,22,23);2*1H2;/q;2*-1;+2. The second-order valence-electron chi connectivity index (χ2n) is 5.74. The smallest absolute Gasteiger partial charge is 0.693 e. The molecule has 0 unspecified atom stereocenters. The number of aliphatic carboxylic acids is 2. The minimum absolute atomic E-state index is 0. The second-order valence-corrected chi connectivity index (χ2v) is 5.74. The van der Waals surface area contributed by atoms with Crippen LogP contribution in [0.2, 0.25) is 0 Å². The van der Waals surface area contributed by atoms with Gasteiger partial charge < -0.3 is 32.0 Å². The summed E-state index contributed by atoms with van der Waals surface area (Å²) in [4.78, 5) is 57.1. The fraction of sp³-hybridized carbons (Fsp3) is 0.533. The number of rotatable bonds is 9. The fourth-order valence-corrected chi connectivity index (χ4v) is 2.55. The van der Waals surface area contributed by atoms with Crippen LogP contribution in [0.25, 0.3) is 12.3 Å². The summed E-state index contributed by atoms with van der Waals surface area (Å²) in [6.07, 6.45) is 0.932. The van der Waals surface area contributed by atoms with Crippen molar-refractivity contribution in [3.63, 3.8) is 0 Å². The molecule has 0 aromatic carbocycles. The van der Waals surface area contributed by atoms with Gasteiger partial charge in [0.05, 0.1) is 26.2 Å². The van der Waals surface area contributed by atoms with E-state index in [1.165, 1.54) is 0 Å². The summed E-state index contributed by atoms with van der Waals surface area (Å²) in [5, 5.41) is 17.9. The summed E-state index contributed by atoms with van der Waals surface area (Å²) in [5.74, 6) is -4.37. The van der Waals surface area contributed by atoms with Crippen LogP contribution in [0.15, 0.2) is 12.2 Å². The van der Waals surface area contributed by atoms with E-state index in [0.717, 1.165) is 17.1 Å². The van der Waals surface area contributed by atoms with E-state index in [2.05, 4.69) is 0 Å². The molecule has 2 amide bonds. The first-order valence-corrected chi connectivity index (χ1v) is 7.54. The minimum Gasteiger partial charge on any atom is -0.693 e. The SMILES string of the molecule is O=C(CCOCCN1C(=O)C=CC1=O)OC1CC(C(=O)O)(C(=O)O)C1.[NH2-].[NH2-].[Pt+2]. The van der Waals surface area contributed by atoms with E-state index in [4.69, 9.17) is 19.7 Å². The van der Waals surface area contributed by atoms with Gasteiger partial charge >= 0.3 is 39.0 Å². The van der Waals surface area contributed by atoms with Gasteiger partial charge in [0.25, 0.3) is 11.8 Å². The molecule has 0 saturated heterocycles. The van der Waals surface area contributed by atoms with Crippen LogP contribution in [0.1, 0.15) is 19.3 Å². The maximum atomic E-state index is 11.6. The Morgan fingerprint density at radius 3 is 2.00 bits per heavy atom. The summed E-state index contributed by atoms with van der Waals surface area (Å²) in [6, 6.07) is 0. The molecule has 2 aliphatic rings. The van der Waals surface area contributed by atoms with Crippen LogP contribution in [0.3, 0.4) is 0 Å². The first-order chi connectivity index (χ1) is 11.8. The van der Waals surface area contributed by atoms with Gasteiger partial charge in [0, 0.05) is 25.0 Å². The van der Waals surface area contributed by atoms with Gasteiger partial charge in [0.2, 0.25) is 0 Å². The third-order valence-corrected chi connectivity index (χ3v) is 4.08. The Morgan fingerprint density at radius 1 is 1.04 bits per heavy atom. The fourth-order valence-electron chi connectivity index (χ4n) is 2.55. The monoisotopic (exact) mass is 582 g/mol. The number of esters is 1. The zero-order valence-electron chi connectivity index (χ0n) is 14.6. The average molecular weight is 582 g/mol.